The lowest BCUT2D eigenvalue weighted by Crippen LogP contribution is -2.38. The molecule has 0 radical (unpaired) electrons. The van der Waals surface area contributed by atoms with Gasteiger partial charge in [-0.3, -0.25) is 0 Å². The minimum atomic E-state index is -3.51. The SMILES string of the molecule is CN(C1CCNC1)S(=O)(=O)c1cccc(Cl)c1Br. The lowest BCUT2D eigenvalue weighted by Gasteiger charge is -2.23. The Morgan fingerprint density at radius 3 is 2.83 bits per heavy atom. The molecule has 7 heteroatoms. The molecule has 1 aromatic carbocycles. The average molecular weight is 354 g/mol. The van der Waals surface area contributed by atoms with E-state index >= 15 is 0 Å². The van der Waals surface area contributed by atoms with Crippen molar-refractivity contribution in [1.82, 2.24) is 9.62 Å². The number of likely N-dealkylation sites (N-methyl/N-ethyl adjacent to an activating group) is 1. The topological polar surface area (TPSA) is 49.4 Å². The second kappa shape index (κ2) is 5.46. The Hall–Kier alpha value is -0.140. The Bertz CT molecular complexity index is 544. The summed E-state index contributed by atoms with van der Waals surface area (Å²) in [5.41, 5.74) is 0. The molecule has 1 heterocycles. The van der Waals surface area contributed by atoms with Gasteiger partial charge in [0.2, 0.25) is 10.0 Å². The highest BCUT2D eigenvalue weighted by Gasteiger charge is 2.31. The van der Waals surface area contributed by atoms with Crippen LogP contribution < -0.4 is 5.32 Å². The Labute approximate surface area is 120 Å². The first kappa shape index (κ1) is 14.3. The van der Waals surface area contributed by atoms with E-state index in [1.807, 2.05) is 0 Å². The summed E-state index contributed by atoms with van der Waals surface area (Å²) >= 11 is 9.18. The molecule has 1 aliphatic rings. The molecule has 0 spiro atoms. The van der Waals surface area contributed by atoms with Gasteiger partial charge in [-0.2, -0.15) is 4.31 Å². The molecule has 1 saturated heterocycles. The largest absolute Gasteiger partial charge is 0.315 e. The van der Waals surface area contributed by atoms with Gasteiger partial charge in [0.05, 0.1) is 14.4 Å². The van der Waals surface area contributed by atoms with Gasteiger partial charge >= 0.3 is 0 Å². The monoisotopic (exact) mass is 352 g/mol. The minimum absolute atomic E-state index is 0.000816. The molecule has 1 aromatic rings. The molecule has 1 unspecified atom stereocenters. The molecule has 0 amide bonds. The zero-order valence-electron chi connectivity index (χ0n) is 9.86. The van der Waals surface area contributed by atoms with Gasteiger partial charge in [0.1, 0.15) is 0 Å². The van der Waals surface area contributed by atoms with Gasteiger partial charge in [-0.05, 0) is 41.0 Å². The highest BCUT2D eigenvalue weighted by Crippen LogP contribution is 2.31. The zero-order chi connectivity index (χ0) is 13.3. The van der Waals surface area contributed by atoms with Crippen LogP contribution in [0.3, 0.4) is 0 Å². The molecule has 0 saturated carbocycles. The van der Waals surface area contributed by atoms with Gasteiger partial charge in [-0.15, -0.1) is 0 Å². The van der Waals surface area contributed by atoms with Gasteiger partial charge in [-0.1, -0.05) is 17.7 Å². The van der Waals surface area contributed by atoms with E-state index in [4.69, 9.17) is 11.6 Å². The number of rotatable bonds is 3. The zero-order valence-corrected chi connectivity index (χ0v) is 13.0. The quantitative estimate of drug-likeness (QED) is 0.905. The first-order valence-electron chi connectivity index (χ1n) is 5.57. The van der Waals surface area contributed by atoms with Crippen molar-refractivity contribution in [2.24, 2.45) is 0 Å². The molecule has 2 rings (SSSR count). The molecule has 0 bridgehead atoms. The van der Waals surface area contributed by atoms with Crippen molar-refractivity contribution in [3.8, 4) is 0 Å². The maximum absolute atomic E-state index is 12.5. The molecule has 1 aliphatic heterocycles. The van der Waals surface area contributed by atoms with Gasteiger partial charge in [0.15, 0.2) is 0 Å². The van der Waals surface area contributed by atoms with E-state index in [-0.39, 0.29) is 10.9 Å². The fourth-order valence-corrected chi connectivity index (χ4v) is 4.56. The predicted molar refractivity (Wildman–Crippen MR) is 75.4 cm³/mol. The summed E-state index contributed by atoms with van der Waals surface area (Å²) in [5, 5.41) is 3.56. The third kappa shape index (κ3) is 2.58. The van der Waals surface area contributed by atoms with E-state index in [1.165, 1.54) is 4.31 Å². The summed E-state index contributed by atoms with van der Waals surface area (Å²) < 4.78 is 26.8. The van der Waals surface area contributed by atoms with Crippen molar-refractivity contribution in [2.75, 3.05) is 20.1 Å². The van der Waals surface area contributed by atoms with E-state index in [0.29, 0.717) is 16.0 Å². The number of nitrogens with zero attached hydrogens (tertiary/aromatic N) is 1. The van der Waals surface area contributed by atoms with Crippen LogP contribution in [0.4, 0.5) is 0 Å². The average Bonchev–Trinajstić information content (AvgIpc) is 2.85. The molecule has 1 atom stereocenters. The standard InChI is InChI=1S/C11H14BrClN2O2S/c1-15(8-5-6-14-7-8)18(16,17)10-4-2-3-9(13)11(10)12/h2-4,8,14H,5-7H2,1H3. The molecular formula is C11H14BrClN2O2S. The summed E-state index contributed by atoms with van der Waals surface area (Å²) in [4.78, 5) is 0.212. The molecule has 0 aromatic heterocycles. The third-order valence-corrected chi connectivity index (χ3v) is 6.73. The molecule has 100 valence electrons. The van der Waals surface area contributed by atoms with Crippen molar-refractivity contribution in [2.45, 2.75) is 17.4 Å². The number of sulfonamides is 1. The minimum Gasteiger partial charge on any atom is -0.315 e. The maximum atomic E-state index is 12.5. The lowest BCUT2D eigenvalue weighted by atomic mass is 10.3. The van der Waals surface area contributed by atoms with Crippen molar-refractivity contribution in [3.63, 3.8) is 0 Å². The van der Waals surface area contributed by atoms with E-state index in [0.717, 1.165) is 13.0 Å². The van der Waals surface area contributed by atoms with Gasteiger partial charge < -0.3 is 5.32 Å². The first-order chi connectivity index (χ1) is 8.44. The highest BCUT2D eigenvalue weighted by atomic mass is 79.9. The molecule has 18 heavy (non-hydrogen) atoms. The van der Waals surface area contributed by atoms with Crippen molar-refractivity contribution in [3.05, 3.63) is 27.7 Å². The van der Waals surface area contributed by atoms with E-state index in [1.54, 1.807) is 25.2 Å². The van der Waals surface area contributed by atoms with Gasteiger partial charge in [-0.25, -0.2) is 8.42 Å². The molecule has 1 N–H and O–H groups in total. The fourth-order valence-electron chi connectivity index (χ4n) is 1.98. The Kier molecular flexibility index (Phi) is 4.33. The summed E-state index contributed by atoms with van der Waals surface area (Å²) in [6, 6.07) is 4.85. The molecule has 4 nitrogen and oxygen atoms in total. The number of benzene rings is 1. The summed E-state index contributed by atoms with van der Waals surface area (Å²) in [7, 11) is -1.90. The van der Waals surface area contributed by atoms with Crippen LogP contribution in [0.1, 0.15) is 6.42 Å². The molecule has 0 aliphatic carbocycles. The van der Waals surface area contributed by atoms with Crippen LogP contribution in [0, 0.1) is 0 Å². The van der Waals surface area contributed by atoms with Crippen LogP contribution in [0.5, 0.6) is 0 Å². The number of halogens is 2. The van der Waals surface area contributed by atoms with Gasteiger partial charge in [0.25, 0.3) is 0 Å². The number of hydrogen-bond donors (Lipinski definition) is 1. The Balaban J connectivity index is 2.38. The molecule has 1 fully saturated rings. The predicted octanol–water partition coefficient (Wildman–Crippen LogP) is 2.08. The Morgan fingerprint density at radius 1 is 1.50 bits per heavy atom. The smallest absolute Gasteiger partial charge is 0.244 e. The van der Waals surface area contributed by atoms with Gasteiger partial charge in [0, 0.05) is 19.6 Å². The fraction of sp³-hybridized carbons (Fsp3) is 0.455. The highest BCUT2D eigenvalue weighted by molar-refractivity contribution is 9.10. The van der Waals surface area contributed by atoms with Crippen molar-refractivity contribution in [1.29, 1.82) is 0 Å². The van der Waals surface area contributed by atoms with Crippen LogP contribution in [-0.2, 0) is 10.0 Å². The van der Waals surface area contributed by atoms with Crippen LogP contribution in [0.15, 0.2) is 27.6 Å². The summed E-state index contributed by atoms with van der Waals surface area (Å²) in [6.07, 6.45) is 0.827. The normalized spacial score (nSPS) is 20.6. The number of nitrogens with one attached hydrogen (secondary N) is 1. The van der Waals surface area contributed by atoms with Crippen LogP contribution in [-0.4, -0.2) is 38.9 Å². The lowest BCUT2D eigenvalue weighted by molar-refractivity contribution is 0.387. The second-order valence-electron chi connectivity index (χ2n) is 4.22. The summed E-state index contributed by atoms with van der Waals surface area (Å²) in [5.74, 6) is 0. The van der Waals surface area contributed by atoms with E-state index in [9.17, 15) is 8.42 Å². The van der Waals surface area contributed by atoms with Crippen LogP contribution in [0.25, 0.3) is 0 Å². The van der Waals surface area contributed by atoms with Crippen molar-refractivity contribution < 1.29 is 8.42 Å². The van der Waals surface area contributed by atoms with Crippen LogP contribution in [0.2, 0.25) is 5.02 Å². The second-order valence-corrected chi connectivity index (χ2v) is 7.39. The van der Waals surface area contributed by atoms with E-state index < -0.39 is 10.0 Å². The number of hydrogen-bond acceptors (Lipinski definition) is 3. The van der Waals surface area contributed by atoms with Crippen molar-refractivity contribution >= 4 is 37.6 Å². The van der Waals surface area contributed by atoms with Crippen LogP contribution >= 0.6 is 27.5 Å². The first-order valence-corrected chi connectivity index (χ1v) is 8.18. The third-order valence-electron chi connectivity index (χ3n) is 3.12. The Morgan fingerprint density at radius 2 is 2.22 bits per heavy atom. The summed E-state index contributed by atoms with van der Waals surface area (Å²) in [6.45, 7) is 1.54. The maximum Gasteiger partial charge on any atom is 0.244 e. The van der Waals surface area contributed by atoms with E-state index in [2.05, 4.69) is 21.2 Å². The molecular weight excluding hydrogens is 340 g/mol.